The summed E-state index contributed by atoms with van der Waals surface area (Å²) in [4.78, 5) is 18.4. The number of carbonyl (C=O) groups is 1. The van der Waals surface area contributed by atoms with Crippen molar-refractivity contribution < 1.29 is 4.79 Å². The summed E-state index contributed by atoms with van der Waals surface area (Å²) in [5.41, 5.74) is 10.4. The number of nitrogens with two attached hydrogens (primary N) is 2. The Labute approximate surface area is 79.9 Å². The quantitative estimate of drug-likeness (QED) is 0.629. The molecule has 0 saturated carbocycles. The lowest BCUT2D eigenvalue weighted by Crippen LogP contribution is -2.38. The zero-order valence-electron chi connectivity index (χ0n) is 6.88. The van der Waals surface area contributed by atoms with Crippen LogP contribution in [0.1, 0.15) is 0 Å². The second-order valence-corrected chi connectivity index (χ2v) is 3.40. The van der Waals surface area contributed by atoms with E-state index in [4.69, 9.17) is 11.5 Å². The minimum atomic E-state index is -0.632. The molecule has 5 nitrogen and oxygen atoms in total. The van der Waals surface area contributed by atoms with Crippen LogP contribution in [0, 0.1) is 0 Å². The molecule has 70 valence electrons. The fraction of sp³-hybridized carbons (Fsp3) is 0.286. The molecular weight excluding hydrogens is 188 g/mol. The molecule has 0 aliphatic heterocycles. The van der Waals surface area contributed by atoms with Crippen LogP contribution >= 0.6 is 11.8 Å². The molecule has 1 rings (SSSR count). The fourth-order valence-electron chi connectivity index (χ4n) is 0.617. The third-order valence-electron chi connectivity index (χ3n) is 1.32. The van der Waals surface area contributed by atoms with Crippen LogP contribution in [0.2, 0.25) is 0 Å². The van der Waals surface area contributed by atoms with Gasteiger partial charge in [0.1, 0.15) is 5.03 Å². The zero-order chi connectivity index (χ0) is 9.68. The minimum Gasteiger partial charge on any atom is -0.368 e. The second-order valence-electron chi connectivity index (χ2n) is 2.36. The van der Waals surface area contributed by atoms with Crippen LogP contribution in [0.15, 0.2) is 23.6 Å². The van der Waals surface area contributed by atoms with Crippen LogP contribution < -0.4 is 11.5 Å². The molecule has 0 fully saturated rings. The van der Waals surface area contributed by atoms with E-state index in [0.717, 1.165) is 5.03 Å². The fourth-order valence-corrected chi connectivity index (χ4v) is 1.40. The lowest BCUT2D eigenvalue weighted by atomic mass is 10.3. The van der Waals surface area contributed by atoms with Crippen molar-refractivity contribution in [1.29, 1.82) is 0 Å². The molecule has 0 saturated heterocycles. The molecule has 1 unspecified atom stereocenters. The van der Waals surface area contributed by atoms with Crippen molar-refractivity contribution in [3.8, 4) is 0 Å². The molecule has 1 amide bonds. The lowest BCUT2D eigenvalue weighted by molar-refractivity contribution is -0.118. The Morgan fingerprint density at radius 3 is 2.92 bits per heavy atom. The highest BCUT2D eigenvalue weighted by molar-refractivity contribution is 7.99. The zero-order valence-corrected chi connectivity index (χ0v) is 7.70. The highest BCUT2D eigenvalue weighted by Crippen LogP contribution is 2.12. The third-order valence-corrected chi connectivity index (χ3v) is 2.35. The van der Waals surface area contributed by atoms with Crippen molar-refractivity contribution in [2.75, 3.05) is 5.75 Å². The van der Waals surface area contributed by atoms with Gasteiger partial charge in [-0.1, -0.05) is 0 Å². The van der Waals surface area contributed by atoms with Gasteiger partial charge in [0.05, 0.1) is 12.2 Å². The van der Waals surface area contributed by atoms with Gasteiger partial charge in [0.25, 0.3) is 0 Å². The summed E-state index contributed by atoms with van der Waals surface area (Å²) >= 11 is 1.36. The Balaban J connectivity index is 2.39. The molecule has 0 aromatic carbocycles. The van der Waals surface area contributed by atoms with Crippen LogP contribution in [-0.2, 0) is 4.79 Å². The molecule has 0 radical (unpaired) electrons. The number of amides is 1. The van der Waals surface area contributed by atoms with E-state index < -0.39 is 11.9 Å². The Kier molecular flexibility index (Phi) is 3.66. The predicted octanol–water partition coefficient (Wildman–Crippen LogP) is -0.619. The first kappa shape index (κ1) is 9.94. The normalized spacial score (nSPS) is 12.4. The number of thioether (sulfide) groups is 1. The monoisotopic (exact) mass is 198 g/mol. The van der Waals surface area contributed by atoms with Gasteiger partial charge in [-0.3, -0.25) is 9.78 Å². The molecule has 13 heavy (non-hydrogen) atoms. The average molecular weight is 198 g/mol. The van der Waals surface area contributed by atoms with Crippen LogP contribution in [0.4, 0.5) is 0 Å². The molecule has 1 atom stereocenters. The van der Waals surface area contributed by atoms with Crippen LogP contribution in [-0.4, -0.2) is 27.7 Å². The smallest absolute Gasteiger partial charge is 0.235 e. The van der Waals surface area contributed by atoms with Gasteiger partial charge >= 0.3 is 0 Å². The van der Waals surface area contributed by atoms with E-state index in [-0.39, 0.29) is 0 Å². The Morgan fingerprint density at radius 1 is 1.62 bits per heavy atom. The summed E-state index contributed by atoms with van der Waals surface area (Å²) in [6.07, 6.45) is 4.77. The second kappa shape index (κ2) is 4.78. The van der Waals surface area contributed by atoms with E-state index in [2.05, 4.69) is 9.97 Å². The van der Waals surface area contributed by atoms with E-state index >= 15 is 0 Å². The van der Waals surface area contributed by atoms with E-state index in [9.17, 15) is 4.79 Å². The van der Waals surface area contributed by atoms with Gasteiger partial charge in [-0.2, -0.15) is 0 Å². The molecule has 4 N–H and O–H groups in total. The summed E-state index contributed by atoms with van der Waals surface area (Å²) in [7, 11) is 0. The van der Waals surface area contributed by atoms with Crippen molar-refractivity contribution in [2.24, 2.45) is 11.5 Å². The van der Waals surface area contributed by atoms with Gasteiger partial charge < -0.3 is 11.5 Å². The summed E-state index contributed by atoms with van der Waals surface area (Å²) in [5.74, 6) is -0.0787. The molecule has 0 spiro atoms. The standard InChI is InChI=1S/C7H10N4OS/c8-5(7(9)12)4-13-6-3-10-1-2-11-6/h1-3,5H,4,8H2,(H2,9,12). The van der Waals surface area contributed by atoms with Crippen molar-refractivity contribution in [2.45, 2.75) is 11.1 Å². The Hall–Kier alpha value is -1.14. The molecule has 0 bridgehead atoms. The van der Waals surface area contributed by atoms with Gasteiger partial charge in [-0.25, -0.2) is 4.98 Å². The Morgan fingerprint density at radius 2 is 2.38 bits per heavy atom. The van der Waals surface area contributed by atoms with Gasteiger partial charge in [-0.15, -0.1) is 11.8 Å². The summed E-state index contributed by atoms with van der Waals surface area (Å²) in [6, 6.07) is -0.632. The SMILES string of the molecule is NC(=O)C(N)CSc1cnccn1. The maximum absolute atomic E-state index is 10.6. The molecule has 1 aromatic heterocycles. The van der Waals surface area contributed by atoms with E-state index in [1.807, 2.05) is 0 Å². The van der Waals surface area contributed by atoms with Crippen molar-refractivity contribution in [3.63, 3.8) is 0 Å². The molecule has 1 heterocycles. The van der Waals surface area contributed by atoms with Crippen molar-refractivity contribution in [1.82, 2.24) is 9.97 Å². The summed E-state index contributed by atoms with van der Waals surface area (Å²) in [6.45, 7) is 0. The molecule has 6 heteroatoms. The van der Waals surface area contributed by atoms with E-state index in [0.29, 0.717) is 5.75 Å². The number of aromatic nitrogens is 2. The molecule has 1 aromatic rings. The maximum Gasteiger partial charge on any atom is 0.235 e. The molecule has 0 aliphatic carbocycles. The molecule has 0 aliphatic rings. The van der Waals surface area contributed by atoms with Crippen LogP contribution in [0.25, 0.3) is 0 Å². The average Bonchev–Trinajstić information content (AvgIpc) is 2.15. The molecular formula is C7H10N4OS. The number of rotatable bonds is 4. The largest absolute Gasteiger partial charge is 0.368 e. The van der Waals surface area contributed by atoms with Crippen LogP contribution in [0.5, 0.6) is 0 Å². The van der Waals surface area contributed by atoms with Gasteiger partial charge in [0.15, 0.2) is 0 Å². The summed E-state index contributed by atoms with van der Waals surface area (Å²) in [5, 5.41) is 0.735. The maximum atomic E-state index is 10.6. The number of nitrogens with zero attached hydrogens (tertiary/aromatic N) is 2. The first-order chi connectivity index (χ1) is 6.20. The Bertz CT molecular complexity index is 279. The number of carbonyl (C=O) groups excluding carboxylic acids is 1. The number of hydrogen-bond donors (Lipinski definition) is 2. The van der Waals surface area contributed by atoms with Gasteiger partial charge in [0, 0.05) is 18.1 Å². The number of primary amides is 1. The van der Waals surface area contributed by atoms with Crippen LogP contribution in [0.3, 0.4) is 0 Å². The minimum absolute atomic E-state index is 0.425. The van der Waals surface area contributed by atoms with E-state index in [1.54, 1.807) is 18.6 Å². The predicted molar refractivity (Wildman–Crippen MR) is 49.9 cm³/mol. The van der Waals surface area contributed by atoms with Crippen molar-refractivity contribution >= 4 is 17.7 Å². The number of hydrogen-bond acceptors (Lipinski definition) is 5. The topological polar surface area (TPSA) is 94.9 Å². The van der Waals surface area contributed by atoms with E-state index in [1.165, 1.54) is 11.8 Å². The highest BCUT2D eigenvalue weighted by atomic mass is 32.2. The van der Waals surface area contributed by atoms with Gasteiger partial charge in [-0.05, 0) is 0 Å². The van der Waals surface area contributed by atoms with Crippen molar-refractivity contribution in [3.05, 3.63) is 18.6 Å². The first-order valence-corrected chi connectivity index (χ1v) is 4.62. The van der Waals surface area contributed by atoms with Gasteiger partial charge in [0.2, 0.25) is 5.91 Å². The first-order valence-electron chi connectivity index (χ1n) is 3.64. The lowest BCUT2D eigenvalue weighted by Gasteiger charge is -2.04. The summed E-state index contributed by atoms with van der Waals surface area (Å²) < 4.78 is 0. The highest BCUT2D eigenvalue weighted by Gasteiger charge is 2.09. The third kappa shape index (κ3) is 3.39.